The van der Waals surface area contributed by atoms with E-state index in [-0.39, 0.29) is 0 Å². The summed E-state index contributed by atoms with van der Waals surface area (Å²) in [5.41, 5.74) is 10.3. The lowest BCUT2D eigenvalue weighted by Gasteiger charge is -2.10. The van der Waals surface area contributed by atoms with Crippen LogP contribution in [0.3, 0.4) is 0 Å². The van der Waals surface area contributed by atoms with Crippen LogP contribution in [0.5, 0.6) is 0 Å². The predicted molar refractivity (Wildman–Crippen MR) is 254 cm³/mol. The Balaban J connectivity index is 0.977. The van der Waals surface area contributed by atoms with E-state index in [4.69, 9.17) is 19.4 Å². The van der Waals surface area contributed by atoms with Crippen molar-refractivity contribution < 1.29 is 4.42 Å². The largest absolute Gasteiger partial charge is 0.456 e. The fourth-order valence-corrected chi connectivity index (χ4v) is 10.4. The van der Waals surface area contributed by atoms with Gasteiger partial charge in [0.2, 0.25) is 0 Å². The van der Waals surface area contributed by atoms with E-state index in [1.807, 2.05) is 53.8 Å². The van der Waals surface area contributed by atoms with Crippen molar-refractivity contribution in [2.75, 3.05) is 0 Å². The molecule has 13 rings (SSSR count). The number of para-hydroxylation sites is 2. The Morgan fingerprint density at radius 3 is 1.90 bits per heavy atom. The maximum Gasteiger partial charge on any atom is 0.164 e. The number of fused-ring (bicyclic) bond motifs is 10. The first kappa shape index (κ1) is 34.0. The van der Waals surface area contributed by atoms with E-state index < -0.39 is 0 Å². The second-order valence-corrected chi connectivity index (χ2v) is 16.6. The van der Waals surface area contributed by atoms with Gasteiger partial charge in [-0.25, -0.2) is 15.0 Å². The zero-order valence-electron chi connectivity index (χ0n) is 32.6. The number of hydrogen-bond acceptors (Lipinski definition) is 5. The van der Waals surface area contributed by atoms with Gasteiger partial charge in [-0.15, -0.1) is 11.3 Å². The highest BCUT2D eigenvalue weighted by molar-refractivity contribution is 7.26. The van der Waals surface area contributed by atoms with Crippen molar-refractivity contribution in [1.82, 2.24) is 19.5 Å². The maximum atomic E-state index is 6.56. The lowest BCUT2D eigenvalue weighted by atomic mass is 9.97. The number of thiophene rings is 1. The molecule has 284 valence electrons. The summed E-state index contributed by atoms with van der Waals surface area (Å²) in [7, 11) is 0. The van der Waals surface area contributed by atoms with Crippen molar-refractivity contribution in [2.45, 2.75) is 0 Å². The van der Waals surface area contributed by atoms with Crippen molar-refractivity contribution in [3.63, 3.8) is 0 Å². The Kier molecular flexibility index (Phi) is 7.41. The minimum absolute atomic E-state index is 0.598. The predicted octanol–water partition coefficient (Wildman–Crippen LogP) is 15.1. The van der Waals surface area contributed by atoms with Crippen LogP contribution in [-0.4, -0.2) is 19.5 Å². The average Bonchev–Trinajstić information content (AvgIpc) is 4.00. The molecule has 13 aromatic rings. The molecule has 0 saturated heterocycles. The monoisotopic (exact) mass is 796 g/mol. The first-order valence-electron chi connectivity index (χ1n) is 20.4. The molecule has 0 saturated carbocycles. The second kappa shape index (κ2) is 13.3. The number of hydrogen-bond donors (Lipinski definition) is 0. The Morgan fingerprint density at radius 1 is 0.377 bits per heavy atom. The Morgan fingerprint density at radius 2 is 1.07 bits per heavy atom. The fraction of sp³-hybridized carbons (Fsp3) is 0. The van der Waals surface area contributed by atoms with Crippen LogP contribution in [0.4, 0.5) is 0 Å². The molecule has 5 nitrogen and oxygen atoms in total. The van der Waals surface area contributed by atoms with Gasteiger partial charge in [0.15, 0.2) is 17.5 Å². The lowest BCUT2D eigenvalue weighted by molar-refractivity contribution is 0.669. The van der Waals surface area contributed by atoms with Crippen molar-refractivity contribution >= 4 is 86.0 Å². The summed E-state index contributed by atoms with van der Waals surface area (Å²) in [6, 6.07) is 68.6. The number of nitrogens with zero attached hydrogens (tertiary/aromatic N) is 4. The zero-order chi connectivity index (χ0) is 40.0. The minimum atomic E-state index is 0.598. The molecule has 6 heteroatoms. The average molecular weight is 797 g/mol. The summed E-state index contributed by atoms with van der Waals surface area (Å²) < 4.78 is 11.5. The quantitative estimate of drug-likeness (QED) is 0.174. The molecule has 0 aliphatic rings. The van der Waals surface area contributed by atoms with E-state index in [1.165, 1.54) is 52.9 Å². The van der Waals surface area contributed by atoms with Crippen LogP contribution in [-0.2, 0) is 0 Å². The molecule has 4 heterocycles. The summed E-state index contributed by atoms with van der Waals surface area (Å²) in [5.74, 6) is 1.84. The minimum Gasteiger partial charge on any atom is -0.456 e. The van der Waals surface area contributed by atoms with E-state index in [9.17, 15) is 0 Å². The fourth-order valence-electron chi connectivity index (χ4n) is 9.25. The van der Waals surface area contributed by atoms with Gasteiger partial charge in [0, 0.05) is 64.1 Å². The standard InChI is InChI=1S/C55H32N4OS/c1-2-13-34(14-3-1)53-56-54(37-25-24-33-12-4-5-15-35(33)30-37)58-55(57-53)43-19-10-22-48-51(43)44-31-36(26-29-47(44)60-48)39-18-11-23-49-52(39)42-28-27-38(32-50(42)61-49)59-45-20-8-6-16-40(45)41-17-7-9-21-46(41)59/h1-32H. The molecule has 0 spiro atoms. The molecule has 0 atom stereocenters. The first-order chi connectivity index (χ1) is 30.2. The molecule has 9 aromatic carbocycles. The SMILES string of the molecule is c1ccc(-c2nc(-c3ccc4ccccc4c3)nc(-c3cccc4oc5ccc(-c6cccc7sc8cc(-n9c%10ccccc%10c%10ccccc%109)ccc8c67)cc5c34)n2)cc1. The Hall–Kier alpha value is -7.93. The molecule has 61 heavy (non-hydrogen) atoms. The van der Waals surface area contributed by atoms with E-state index in [1.54, 1.807) is 0 Å². The molecule has 0 fully saturated rings. The van der Waals surface area contributed by atoms with Crippen LogP contribution >= 0.6 is 11.3 Å². The van der Waals surface area contributed by atoms with E-state index in [0.29, 0.717) is 17.5 Å². The van der Waals surface area contributed by atoms with Crippen molar-refractivity contribution in [3.8, 4) is 51.0 Å². The van der Waals surface area contributed by atoms with Crippen LogP contribution in [0.2, 0.25) is 0 Å². The smallest absolute Gasteiger partial charge is 0.164 e. The van der Waals surface area contributed by atoms with Crippen LogP contribution in [0.15, 0.2) is 199 Å². The van der Waals surface area contributed by atoms with Gasteiger partial charge in [0.1, 0.15) is 11.2 Å². The van der Waals surface area contributed by atoms with Gasteiger partial charge in [-0.1, -0.05) is 140 Å². The van der Waals surface area contributed by atoms with E-state index in [0.717, 1.165) is 55.3 Å². The van der Waals surface area contributed by atoms with Gasteiger partial charge < -0.3 is 8.98 Å². The van der Waals surface area contributed by atoms with Gasteiger partial charge in [-0.2, -0.15) is 0 Å². The number of benzene rings is 9. The van der Waals surface area contributed by atoms with Crippen molar-refractivity contribution in [3.05, 3.63) is 194 Å². The van der Waals surface area contributed by atoms with E-state index in [2.05, 4.69) is 156 Å². The van der Waals surface area contributed by atoms with Gasteiger partial charge in [-0.05, 0) is 76.5 Å². The Bertz CT molecular complexity index is 3840. The van der Waals surface area contributed by atoms with E-state index >= 15 is 0 Å². The number of rotatable bonds is 5. The number of aromatic nitrogens is 4. The summed E-state index contributed by atoms with van der Waals surface area (Å²) in [5, 5.41) is 9.33. The topological polar surface area (TPSA) is 56.7 Å². The molecular formula is C55H32N4OS. The summed E-state index contributed by atoms with van der Waals surface area (Å²) in [4.78, 5) is 15.4. The highest BCUT2D eigenvalue weighted by Crippen LogP contribution is 2.44. The van der Waals surface area contributed by atoms with Crippen molar-refractivity contribution in [2.24, 2.45) is 0 Å². The molecular weight excluding hydrogens is 765 g/mol. The van der Waals surface area contributed by atoms with Crippen molar-refractivity contribution in [1.29, 1.82) is 0 Å². The summed E-state index contributed by atoms with van der Waals surface area (Å²) in [6.07, 6.45) is 0. The molecule has 0 aliphatic heterocycles. The normalized spacial score (nSPS) is 11.9. The third-order valence-corrected chi connectivity index (χ3v) is 13.2. The highest BCUT2D eigenvalue weighted by atomic mass is 32.1. The second-order valence-electron chi connectivity index (χ2n) is 15.6. The zero-order valence-corrected chi connectivity index (χ0v) is 33.4. The molecule has 0 bridgehead atoms. The third kappa shape index (κ3) is 5.36. The third-order valence-electron chi connectivity index (χ3n) is 12.0. The molecule has 0 radical (unpaired) electrons. The van der Waals surface area contributed by atoms with Gasteiger partial charge in [0.25, 0.3) is 0 Å². The van der Waals surface area contributed by atoms with Crippen LogP contribution < -0.4 is 0 Å². The van der Waals surface area contributed by atoms with Gasteiger partial charge in [-0.3, -0.25) is 0 Å². The molecule has 4 aromatic heterocycles. The summed E-state index contributed by atoms with van der Waals surface area (Å²) in [6.45, 7) is 0. The van der Waals surface area contributed by atoms with Gasteiger partial charge >= 0.3 is 0 Å². The molecule has 0 N–H and O–H groups in total. The van der Waals surface area contributed by atoms with Crippen LogP contribution in [0.1, 0.15) is 0 Å². The molecule has 0 unspecified atom stereocenters. The van der Waals surface area contributed by atoms with Crippen LogP contribution in [0.25, 0.3) is 126 Å². The highest BCUT2D eigenvalue weighted by Gasteiger charge is 2.20. The molecule has 0 amide bonds. The summed E-state index contributed by atoms with van der Waals surface area (Å²) >= 11 is 1.85. The van der Waals surface area contributed by atoms with Crippen LogP contribution in [0, 0.1) is 0 Å². The molecule has 0 aliphatic carbocycles. The first-order valence-corrected chi connectivity index (χ1v) is 21.2. The number of furan rings is 1. The Labute approximate surface area is 353 Å². The van der Waals surface area contributed by atoms with Gasteiger partial charge in [0.05, 0.1) is 11.0 Å². The lowest BCUT2D eigenvalue weighted by Crippen LogP contribution is -2.00. The maximum absolute atomic E-state index is 6.56.